The molecule has 3 aromatic rings. The highest BCUT2D eigenvalue weighted by molar-refractivity contribution is 7.98. The molecule has 40 heavy (non-hydrogen) atoms. The number of carbonyl (C=O) groups excluding carboxylic acids is 2. The van der Waals surface area contributed by atoms with E-state index in [4.69, 9.17) is 37.7 Å². The first-order valence-electron chi connectivity index (χ1n) is 13.1. The summed E-state index contributed by atoms with van der Waals surface area (Å²) in [5, 5.41) is 6.63. The molecule has 0 aliphatic rings. The Morgan fingerprint density at radius 3 is 2.30 bits per heavy atom. The molecule has 0 fully saturated rings. The minimum Gasteiger partial charge on any atom is -0.491 e. The lowest BCUT2D eigenvalue weighted by atomic mass is 10.1. The fraction of sp³-hybridized carbons (Fsp3) is 0.367. The largest absolute Gasteiger partial charge is 0.491 e. The van der Waals surface area contributed by atoms with Crippen molar-refractivity contribution in [1.82, 2.24) is 15.6 Å². The number of ether oxygens (including phenoxy) is 2. The monoisotopic (exact) mass is 603 g/mol. The Morgan fingerprint density at radius 1 is 0.900 bits per heavy atom. The van der Waals surface area contributed by atoms with Gasteiger partial charge in [-0.25, -0.2) is 4.79 Å². The van der Waals surface area contributed by atoms with Crippen molar-refractivity contribution in [1.29, 1.82) is 0 Å². The lowest BCUT2D eigenvalue weighted by molar-refractivity contribution is -0.121. The van der Waals surface area contributed by atoms with Crippen LogP contribution in [-0.4, -0.2) is 42.3 Å². The van der Waals surface area contributed by atoms with Crippen LogP contribution in [0.5, 0.6) is 5.75 Å². The summed E-state index contributed by atoms with van der Waals surface area (Å²) >= 11 is 14.2. The summed E-state index contributed by atoms with van der Waals surface area (Å²) < 4.78 is 11.3. The number of aromatic nitrogens is 1. The van der Waals surface area contributed by atoms with E-state index >= 15 is 0 Å². The van der Waals surface area contributed by atoms with Crippen LogP contribution in [-0.2, 0) is 28.1 Å². The third-order valence-corrected chi connectivity index (χ3v) is 7.49. The SMILES string of the molecule is CC(C)(C)OC(=O)NCCNC(=O)CCc1nc(CSc2c(Cl)cccc2Cl)ccc1OCCc1ccccc1. The van der Waals surface area contributed by atoms with Crippen molar-refractivity contribution in [2.24, 2.45) is 0 Å². The highest BCUT2D eigenvalue weighted by Crippen LogP contribution is 2.35. The topological polar surface area (TPSA) is 89.6 Å². The van der Waals surface area contributed by atoms with Crippen molar-refractivity contribution in [2.45, 2.75) is 56.3 Å². The maximum Gasteiger partial charge on any atom is 0.407 e. The Bertz CT molecular complexity index is 1250. The first-order chi connectivity index (χ1) is 19.1. The number of aryl methyl sites for hydroxylation is 1. The molecule has 1 heterocycles. The van der Waals surface area contributed by atoms with Crippen molar-refractivity contribution >= 4 is 47.0 Å². The van der Waals surface area contributed by atoms with Crippen molar-refractivity contribution < 1.29 is 19.1 Å². The normalized spacial score (nSPS) is 11.1. The number of nitrogens with one attached hydrogen (secondary N) is 2. The van der Waals surface area contributed by atoms with E-state index in [1.165, 1.54) is 17.3 Å². The van der Waals surface area contributed by atoms with E-state index in [1.54, 1.807) is 32.9 Å². The van der Waals surface area contributed by atoms with Gasteiger partial charge in [0.1, 0.15) is 11.4 Å². The maximum atomic E-state index is 12.5. The fourth-order valence-electron chi connectivity index (χ4n) is 3.62. The summed E-state index contributed by atoms with van der Waals surface area (Å²) in [5.74, 6) is 1.06. The average molecular weight is 605 g/mol. The van der Waals surface area contributed by atoms with Gasteiger partial charge in [0, 0.05) is 43.0 Å². The maximum absolute atomic E-state index is 12.5. The van der Waals surface area contributed by atoms with Crippen LogP contribution < -0.4 is 15.4 Å². The molecular weight excluding hydrogens is 569 g/mol. The number of alkyl carbamates (subject to hydrolysis) is 1. The number of amides is 2. The van der Waals surface area contributed by atoms with Crippen molar-refractivity contribution in [3.8, 4) is 5.75 Å². The van der Waals surface area contributed by atoms with Crippen LogP contribution in [0.3, 0.4) is 0 Å². The molecule has 0 spiro atoms. The summed E-state index contributed by atoms with van der Waals surface area (Å²) in [6.07, 6.45) is 0.864. The van der Waals surface area contributed by atoms with Crippen LogP contribution >= 0.6 is 35.0 Å². The zero-order chi connectivity index (χ0) is 29.0. The van der Waals surface area contributed by atoms with E-state index in [0.29, 0.717) is 46.8 Å². The molecule has 7 nitrogen and oxygen atoms in total. The van der Waals surface area contributed by atoms with E-state index in [9.17, 15) is 9.59 Å². The third kappa shape index (κ3) is 11.3. The van der Waals surface area contributed by atoms with E-state index in [2.05, 4.69) is 22.8 Å². The van der Waals surface area contributed by atoms with Crippen LogP contribution in [0, 0.1) is 0 Å². The summed E-state index contributed by atoms with van der Waals surface area (Å²) in [6, 6.07) is 19.4. The molecule has 3 rings (SSSR count). The molecule has 1 aromatic heterocycles. The molecule has 10 heteroatoms. The van der Waals surface area contributed by atoms with Gasteiger partial charge in [0.15, 0.2) is 0 Å². The fourth-order valence-corrected chi connectivity index (χ4v) is 5.21. The van der Waals surface area contributed by atoms with E-state index in [1.807, 2.05) is 36.4 Å². The second-order valence-electron chi connectivity index (χ2n) is 9.95. The van der Waals surface area contributed by atoms with Gasteiger partial charge in [-0.15, -0.1) is 11.8 Å². The van der Waals surface area contributed by atoms with Gasteiger partial charge >= 0.3 is 6.09 Å². The van der Waals surface area contributed by atoms with E-state index < -0.39 is 11.7 Å². The predicted octanol–water partition coefficient (Wildman–Crippen LogP) is 6.88. The summed E-state index contributed by atoms with van der Waals surface area (Å²) in [7, 11) is 0. The molecule has 2 amide bonds. The van der Waals surface area contributed by atoms with Crippen LogP contribution in [0.2, 0.25) is 10.0 Å². The number of nitrogens with zero attached hydrogens (tertiary/aromatic N) is 1. The second-order valence-corrected chi connectivity index (χ2v) is 11.7. The Kier molecular flexibility index (Phi) is 12.4. The molecule has 0 unspecified atom stereocenters. The number of pyridine rings is 1. The second kappa shape index (κ2) is 15.7. The number of carbonyl (C=O) groups is 2. The minimum absolute atomic E-state index is 0.148. The molecule has 0 saturated carbocycles. The lowest BCUT2D eigenvalue weighted by Gasteiger charge is -2.19. The number of hydrogen-bond donors (Lipinski definition) is 2. The van der Waals surface area contributed by atoms with Crippen LogP contribution in [0.25, 0.3) is 0 Å². The van der Waals surface area contributed by atoms with Crippen LogP contribution in [0.4, 0.5) is 4.79 Å². The Morgan fingerprint density at radius 2 is 1.60 bits per heavy atom. The van der Waals surface area contributed by atoms with Gasteiger partial charge < -0.3 is 20.1 Å². The van der Waals surface area contributed by atoms with Gasteiger partial charge in [0.25, 0.3) is 0 Å². The van der Waals surface area contributed by atoms with Crippen LogP contribution in [0.15, 0.2) is 65.6 Å². The first kappa shape index (κ1) is 31.6. The minimum atomic E-state index is -0.576. The highest BCUT2D eigenvalue weighted by atomic mass is 35.5. The first-order valence-corrected chi connectivity index (χ1v) is 14.8. The predicted molar refractivity (Wildman–Crippen MR) is 161 cm³/mol. The molecule has 0 aliphatic heterocycles. The summed E-state index contributed by atoms with van der Waals surface area (Å²) in [6.45, 7) is 6.43. The Balaban J connectivity index is 1.58. The Labute approximate surface area is 250 Å². The molecule has 0 saturated heterocycles. The number of benzene rings is 2. The molecular formula is C30H35Cl2N3O4S. The third-order valence-electron chi connectivity index (χ3n) is 5.47. The van der Waals surface area contributed by atoms with Gasteiger partial charge in [-0.2, -0.15) is 0 Å². The van der Waals surface area contributed by atoms with Gasteiger partial charge in [0.05, 0.1) is 28.0 Å². The molecule has 0 atom stereocenters. The Hall–Kier alpha value is -2.94. The smallest absolute Gasteiger partial charge is 0.407 e. The van der Waals surface area contributed by atoms with Crippen molar-refractivity contribution in [3.63, 3.8) is 0 Å². The lowest BCUT2D eigenvalue weighted by Crippen LogP contribution is -2.37. The van der Waals surface area contributed by atoms with Gasteiger partial charge in [-0.1, -0.05) is 59.6 Å². The molecule has 2 N–H and O–H groups in total. The molecule has 0 bridgehead atoms. The zero-order valence-electron chi connectivity index (χ0n) is 23.0. The standard InChI is InChI=1S/C30H35Cl2N3O4S/c1-30(2,3)39-29(37)34-18-17-33-27(36)15-13-25-26(38-19-16-21-8-5-4-6-9-21)14-12-22(35-25)20-40-28-23(31)10-7-11-24(28)32/h4-12,14H,13,15-20H2,1-3H3,(H,33,36)(H,34,37). The zero-order valence-corrected chi connectivity index (χ0v) is 25.3. The van der Waals surface area contributed by atoms with Gasteiger partial charge in [-0.3, -0.25) is 9.78 Å². The molecule has 2 aromatic carbocycles. The summed E-state index contributed by atoms with van der Waals surface area (Å²) in [4.78, 5) is 29.9. The van der Waals surface area contributed by atoms with Crippen molar-refractivity contribution in [2.75, 3.05) is 19.7 Å². The number of thioether (sulfide) groups is 1. The average Bonchev–Trinajstić information content (AvgIpc) is 2.90. The quantitative estimate of drug-likeness (QED) is 0.163. The number of rotatable bonds is 13. The summed E-state index contributed by atoms with van der Waals surface area (Å²) in [5.41, 5.74) is 2.14. The van der Waals surface area contributed by atoms with Gasteiger partial charge in [0.2, 0.25) is 5.91 Å². The van der Waals surface area contributed by atoms with Crippen LogP contribution in [0.1, 0.15) is 44.1 Å². The number of halogens is 2. The van der Waals surface area contributed by atoms with E-state index in [-0.39, 0.29) is 18.9 Å². The van der Waals surface area contributed by atoms with E-state index in [0.717, 1.165) is 17.0 Å². The van der Waals surface area contributed by atoms with Gasteiger partial charge in [-0.05, 0) is 50.6 Å². The molecule has 0 radical (unpaired) electrons. The highest BCUT2D eigenvalue weighted by Gasteiger charge is 2.16. The number of hydrogen-bond acceptors (Lipinski definition) is 6. The molecule has 0 aliphatic carbocycles. The molecule has 214 valence electrons. The van der Waals surface area contributed by atoms with Crippen molar-refractivity contribution in [3.05, 3.63) is 87.7 Å².